The van der Waals surface area contributed by atoms with E-state index in [0.29, 0.717) is 34.9 Å². The van der Waals surface area contributed by atoms with Gasteiger partial charge in [-0.25, -0.2) is 4.39 Å². The summed E-state index contributed by atoms with van der Waals surface area (Å²) in [6.07, 6.45) is -0.355. The Bertz CT molecular complexity index is 1180. The largest absolute Gasteiger partial charge is 1.00 e. The summed E-state index contributed by atoms with van der Waals surface area (Å²) in [7, 11) is 1.41. The third kappa shape index (κ3) is 8.72. The number of aliphatic carboxylic acids is 1. The summed E-state index contributed by atoms with van der Waals surface area (Å²) in [4.78, 5) is 15.6. The average Bonchev–Trinajstić information content (AvgIpc) is 2.84. The summed E-state index contributed by atoms with van der Waals surface area (Å²) >= 11 is 0. The molecule has 0 bridgehead atoms. The maximum absolute atomic E-state index is 13.5. The molecule has 3 aromatic carbocycles. The zero-order valence-corrected chi connectivity index (χ0v) is 21.4. The van der Waals surface area contributed by atoms with Gasteiger partial charge < -0.3 is 24.2 Å². The first-order valence-corrected chi connectivity index (χ1v) is 10.4. The molecule has 0 heterocycles. The quantitative estimate of drug-likeness (QED) is 0.224. The monoisotopic (exact) mass is 484 g/mol. The van der Waals surface area contributed by atoms with Crippen molar-refractivity contribution in [1.82, 2.24) is 0 Å². The van der Waals surface area contributed by atoms with Crippen LogP contribution in [0, 0.1) is 17.1 Å². The van der Waals surface area contributed by atoms with Crippen molar-refractivity contribution in [2.75, 3.05) is 13.7 Å². The predicted octanol–water partition coefficient (Wildman–Crippen LogP) is 0.585. The summed E-state index contributed by atoms with van der Waals surface area (Å²) in [6, 6.07) is 22.0. The first-order valence-electron chi connectivity index (χ1n) is 10.4. The fraction of sp³-hybridized carbons (Fsp3) is 0.192. The minimum absolute atomic E-state index is 0. The second kappa shape index (κ2) is 14.1. The second-order valence-corrected chi connectivity index (χ2v) is 7.28. The van der Waals surface area contributed by atoms with E-state index in [0.717, 1.165) is 5.56 Å². The van der Waals surface area contributed by atoms with Gasteiger partial charge in [0.2, 0.25) is 0 Å². The van der Waals surface area contributed by atoms with Gasteiger partial charge in [-0.3, -0.25) is 0 Å². The minimum atomic E-state index is -1.27. The van der Waals surface area contributed by atoms with Crippen LogP contribution in [-0.2, 0) is 16.2 Å². The number of carbonyl (C=O) groups is 1. The zero-order valence-electron chi connectivity index (χ0n) is 19.4. The Labute approximate surface area is 225 Å². The Balaban J connectivity index is 0.00000432. The van der Waals surface area contributed by atoms with Crippen molar-refractivity contribution in [3.63, 3.8) is 0 Å². The fourth-order valence-corrected chi connectivity index (χ4v) is 3.14. The number of nitriles is 1. The van der Waals surface area contributed by atoms with Crippen LogP contribution in [0.3, 0.4) is 0 Å². The predicted molar refractivity (Wildman–Crippen MR) is 121 cm³/mol. The molecule has 0 radical (unpaired) electrons. The van der Waals surface area contributed by atoms with Crippen LogP contribution < -0.4 is 44.1 Å². The average molecular weight is 484 g/mol. The van der Waals surface area contributed by atoms with E-state index in [4.69, 9.17) is 19.6 Å². The number of ether oxygens (including phenoxy) is 2. The summed E-state index contributed by atoms with van der Waals surface area (Å²) in [5.41, 5.74) is 2.52. The molecule has 0 fully saturated rings. The van der Waals surface area contributed by atoms with E-state index in [-0.39, 0.29) is 48.4 Å². The molecule has 7 nitrogen and oxygen atoms in total. The van der Waals surface area contributed by atoms with Crippen molar-refractivity contribution >= 4 is 11.7 Å². The van der Waals surface area contributed by atoms with E-state index in [9.17, 15) is 14.3 Å². The molecule has 35 heavy (non-hydrogen) atoms. The topological polar surface area (TPSA) is 104 Å². The van der Waals surface area contributed by atoms with Gasteiger partial charge in [-0.15, -0.1) is 0 Å². The van der Waals surface area contributed by atoms with Gasteiger partial charge in [-0.1, -0.05) is 41.6 Å². The molecule has 0 spiro atoms. The minimum Gasteiger partial charge on any atom is -0.550 e. The van der Waals surface area contributed by atoms with E-state index >= 15 is 0 Å². The number of hydrogen-bond acceptors (Lipinski definition) is 7. The maximum atomic E-state index is 13.5. The van der Waals surface area contributed by atoms with Crippen LogP contribution >= 0.6 is 0 Å². The van der Waals surface area contributed by atoms with Crippen LogP contribution in [0.15, 0.2) is 78.0 Å². The van der Waals surface area contributed by atoms with Crippen molar-refractivity contribution in [1.29, 1.82) is 5.26 Å². The molecule has 174 valence electrons. The normalized spacial score (nSPS) is 11.5. The number of nitrogens with zero attached hydrogens (tertiary/aromatic N) is 2. The number of benzene rings is 3. The van der Waals surface area contributed by atoms with Gasteiger partial charge in [0.1, 0.15) is 43.4 Å². The molecule has 0 aliphatic heterocycles. The molecule has 9 heteroatoms. The number of hydrogen-bond donors (Lipinski definition) is 0. The molecule has 0 aliphatic rings. The van der Waals surface area contributed by atoms with Gasteiger partial charge in [0.05, 0.1) is 12.0 Å². The Hall–Kier alpha value is -3.38. The van der Waals surface area contributed by atoms with E-state index in [1.807, 2.05) is 18.2 Å². The Morgan fingerprint density at radius 3 is 2.31 bits per heavy atom. The van der Waals surface area contributed by atoms with Gasteiger partial charge in [-0.2, -0.15) is 5.26 Å². The van der Waals surface area contributed by atoms with Gasteiger partial charge in [-0.05, 0) is 47.5 Å². The fourth-order valence-electron chi connectivity index (χ4n) is 3.14. The van der Waals surface area contributed by atoms with Gasteiger partial charge in [0.15, 0.2) is 0 Å². The van der Waals surface area contributed by atoms with Crippen LogP contribution in [0.2, 0.25) is 0 Å². The molecule has 3 aromatic rings. The second-order valence-electron chi connectivity index (χ2n) is 7.28. The molecule has 0 saturated carbocycles. The molecule has 0 N–H and O–H groups in total. The van der Waals surface area contributed by atoms with E-state index in [1.54, 1.807) is 48.5 Å². The molecule has 0 amide bonds. The number of halogens is 1. The van der Waals surface area contributed by atoms with Crippen LogP contribution in [-0.4, -0.2) is 25.4 Å². The third-order valence-electron chi connectivity index (χ3n) is 4.87. The Morgan fingerprint density at radius 1 is 1.06 bits per heavy atom. The van der Waals surface area contributed by atoms with E-state index < -0.39 is 11.9 Å². The molecule has 0 aromatic heterocycles. The standard InChI is InChI=1S/C26H23FN2O5.Na/c1-32-29-25(20-3-2-4-22(27)13-20)17-34-23-9-5-18(6-10-23)16-33-24-11-7-19(8-12-24)21(15-28)14-26(30)31;/h2-13,21H,14,16-17H2,1H3,(H,30,31);/q;+1/p-1/b29-25-;. The smallest absolute Gasteiger partial charge is 0.550 e. The van der Waals surface area contributed by atoms with Crippen LogP contribution in [0.5, 0.6) is 11.5 Å². The summed E-state index contributed by atoms with van der Waals surface area (Å²) in [5, 5.41) is 23.8. The first-order chi connectivity index (χ1) is 16.5. The summed E-state index contributed by atoms with van der Waals surface area (Å²) in [6.45, 7) is 0.404. The van der Waals surface area contributed by atoms with Crippen molar-refractivity contribution < 1.29 is 58.2 Å². The van der Waals surface area contributed by atoms with Crippen LogP contribution in [0.25, 0.3) is 0 Å². The number of carboxylic acids is 1. The molecule has 0 aliphatic carbocycles. The number of carbonyl (C=O) groups excluding carboxylic acids is 1. The van der Waals surface area contributed by atoms with Crippen molar-refractivity contribution in [2.24, 2.45) is 5.16 Å². The first kappa shape index (κ1) is 27.9. The van der Waals surface area contributed by atoms with Crippen molar-refractivity contribution in [2.45, 2.75) is 18.9 Å². The molecule has 3 rings (SSSR count). The Kier molecular flexibility index (Phi) is 11.2. The Morgan fingerprint density at radius 2 is 1.71 bits per heavy atom. The van der Waals surface area contributed by atoms with Crippen molar-refractivity contribution in [3.05, 3.63) is 95.3 Å². The van der Waals surface area contributed by atoms with Crippen LogP contribution in [0.4, 0.5) is 4.39 Å². The van der Waals surface area contributed by atoms with E-state index in [1.165, 1.54) is 19.2 Å². The third-order valence-corrected chi connectivity index (χ3v) is 4.87. The number of oxime groups is 1. The molecule has 1 atom stereocenters. The SMILES string of the molecule is CO/N=C(/COc1ccc(COc2ccc(C(C#N)CC(=O)[O-])cc2)cc1)c1cccc(F)c1.[Na+]. The van der Waals surface area contributed by atoms with Gasteiger partial charge in [0.25, 0.3) is 0 Å². The van der Waals surface area contributed by atoms with Crippen molar-refractivity contribution in [3.8, 4) is 17.6 Å². The molecular formula is C26H22FN2NaO5. The summed E-state index contributed by atoms with van der Waals surface area (Å²) < 4.78 is 25.0. The van der Waals surface area contributed by atoms with Gasteiger partial charge in [0, 0.05) is 18.0 Å². The molecule has 0 saturated heterocycles. The number of carboxylic acid groups (broad SMARTS) is 1. The maximum Gasteiger partial charge on any atom is 1.00 e. The van der Waals surface area contributed by atoms with Gasteiger partial charge >= 0.3 is 29.6 Å². The molecule has 1 unspecified atom stereocenters. The summed E-state index contributed by atoms with van der Waals surface area (Å²) in [5.74, 6) is -1.21. The van der Waals surface area contributed by atoms with Crippen LogP contribution in [0.1, 0.15) is 29.0 Å². The number of rotatable bonds is 11. The molecular weight excluding hydrogens is 462 g/mol. The van der Waals surface area contributed by atoms with E-state index in [2.05, 4.69) is 5.16 Å². The zero-order chi connectivity index (χ0) is 24.3.